The zero-order valence-corrected chi connectivity index (χ0v) is 21.7. The van der Waals surface area contributed by atoms with Gasteiger partial charge in [-0.1, -0.05) is 30.3 Å². The number of β-lactam (4-membered cyclic amide) rings is 1. The van der Waals surface area contributed by atoms with Crippen LogP contribution in [0.3, 0.4) is 0 Å². The molecular formula is C25H27N4O7S-. The Kier molecular flexibility index (Phi) is 6.80. The van der Waals surface area contributed by atoms with E-state index in [-0.39, 0.29) is 11.3 Å². The minimum absolute atomic E-state index is 0.0995. The fraction of sp³-hybridized carbons (Fsp3) is 0.400. The lowest BCUT2D eigenvalue weighted by Gasteiger charge is -2.45. The molecule has 3 heterocycles. The number of methoxy groups -OCH3 is 1. The second kappa shape index (κ2) is 9.58. The van der Waals surface area contributed by atoms with Crippen LogP contribution in [0.1, 0.15) is 57.6 Å². The Morgan fingerprint density at radius 3 is 2.41 bits per heavy atom. The smallest absolute Gasteiger partial charge is 0.339 e. The highest BCUT2D eigenvalue weighted by Gasteiger charge is 2.62. The minimum Gasteiger partial charge on any atom is -0.548 e. The zero-order valence-electron chi connectivity index (χ0n) is 20.9. The highest BCUT2D eigenvalue weighted by Crippen LogP contribution is 2.50. The van der Waals surface area contributed by atoms with E-state index in [0.717, 1.165) is 0 Å². The first-order valence-electron chi connectivity index (χ1n) is 11.5. The number of nitrogens with zero attached hydrogens (tertiary/aromatic N) is 1. The number of fused-ring (bicyclic) bond motifs is 1. The van der Waals surface area contributed by atoms with Gasteiger partial charge in [0.1, 0.15) is 23.2 Å². The van der Waals surface area contributed by atoms with Crippen LogP contribution in [0.4, 0.5) is 0 Å². The lowest BCUT2D eigenvalue weighted by molar-refractivity contribution is -0.312. The van der Waals surface area contributed by atoms with E-state index < -0.39 is 57.9 Å². The molecule has 2 saturated heterocycles. The van der Waals surface area contributed by atoms with Gasteiger partial charge in [-0.15, -0.1) is 11.8 Å². The molecule has 4 atom stereocenters. The van der Waals surface area contributed by atoms with Crippen molar-refractivity contribution in [1.82, 2.24) is 20.5 Å². The molecule has 0 radical (unpaired) electrons. The number of aromatic nitrogens is 1. The molecule has 0 saturated carbocycles. The molecule has 11 nitrogen and oxygen atoms in total. The Morgan fingerprint density at radius 2 is 1.81 bits per heavy atom. The molecule has 2 aliphatic heterocycles. The molecule has 12 heteroatoms. The lowest BCUT2D eigenvalue weighted by atomic mass is 9.95. The van der Waals surface area contributed by atoms with Crippen LogP contribution in [0.5, 0.6) is 0 Å². The van der Waals surface area contributed by atoms with Gasteiger partial charge in [0.05, 0.1) is 24.7 Å². The molecule has 4 rings (SSSR count). The first-order valence-corrected chi connectivity index (χ1v) is 12.4. The molecule has 3 N–H and O–H groups in total. The van der Waals surface area contributed by atoms with Crippen molar-refractivity contribution in [2.24, 2.45) is 0 Å². The van der Waals surface area contributed by atoms with Crippen LogP contribution in [0.2, 0.25) is 0 Å². The second-order valence-electron chi connectivity index (χ2n) is 9.50. The first-order chi connectivity index (χ1) is 17.4. The Labute approximate surface area is 217 Å². The molecule has 1 aromatic carbocycles. The van der Waals surface area contributed by atoms with Gasteiger partial charge in [0.25, 0.3) is 5.91 Å². The summed E-state index contributed by atoms with van der Waals surface area (Å²) >= 11 is 1.27. The maximum Gasteiger partial charge on any atom is 0.339 e. The molecule has 2 aliphatic rings. The van der Waals surface area contributed by atoms with E-state index in [1.54, 1.807) is 58.0 Å². The number of hydrogen-bond acceptors (Lipinski definition) is 8. The second-order valence-corrected chi connectivity index (χ2v) is 11.3. The van der Waals surface area contributed by atoms with Gasteiger partial charge in [-0.05, 0) is 38.8 Å². The summed E-state index contributed by atoms with van der Waals surface area (Å²) in [4.78, 5) is 67.4. The van der Waals surface area contributed by atoms with E-state index in [9.17, 15) is 29.1 Å². The van der Waals surface area contributed by atoms with Crippen molar-refractivity contribution in [1.29, 1.82) is 0 Å². The number of hydrogen-bond donors (Lipinski definition) is 3. The maximum absolute atomic E-state index is 13.4. The first kappa shape index (κ1) is 26.3. The topological polar surface area (TPSA) is 161 Å². The quantitative estimate of drug-likeness (QED) is 0.340. The number of rotatable bonds is 7. The van der Waals surface area contributed by atoms with Crippen LogP contribution in [0.25, 0.3) is 0 Å². The SMILES string of the molecule is COC(=O)c1c(C)[nH]c(C(=O)NC(C(=O)N[C@@H]2C(=O)N3[C@@H]2SC(C)(C)[C@@H]3C(=O)[O-])c2ccccc2)c1C. The summed E-state index contributed by atoms with van der Waals surface area (Å²) in [5, 5.41) is 16.5. The standard InChI is InChI=1S/C25H28N4O7S/c1-11-14(24(35)36-5)12(2)26-15(11)19(30)27-16(13-9-7-6-8-10-13)20(31)28-17-21(32)29-18(23(33)34)25(3,4)37-22(17)29/h6-10,16-18,22,26H,1-5H3,(H,27,30)(H,28,31)(H,33,34)/p-1/t16?,17-,18+,22-/m1/s1. The fourth-order valence-electron chi connectivity index (χ4n) is 4.90. The molecule has 3 amide bonds. The van der Waals surface area contributed by atoms with E-state index in [0.29, 0.717) is 16.8 Å². The number of esters is 1. The number of carboxylic acid groups (broad SMARTS) is 1. The third-order valence-corrected chi connectivity index (χ3v) is 8.26. The Morgan fingerprint density at radius 1 is 1.16 bits per heavy atom. The fourth-order valence-corrected chi connectivity index (χ4v) is 6.52. The number of carbonyl (C=O) groups is 5. The monoisotopic (exact) mass is 527 g/mol. The summed E-state index contributed by atoms with van der Waals surface area (Å²) in [5.41, 5.74) is 1.62. The summed E-state index contributed by atoms with van der Waals surface area (Å²) in [5.74, 6) is -3.74. The van der Waals surface area contributed by atoms with Gasteiger partial charge in [-0.25, -0.2) is 4.79 Å². The number of aromatic amines is 1. The van der Waals surface area contributed by atoms with Crippen molar-refractivity contribution in [3.63, 3.8) is 0 Å². The number of carboxylic acids is 1. The molecule has 0 aliphatic carbocycles. The Bertz CT molecular complexity index is 1290. The van der Waals surface area contributed by atoms with Crippen LogP contribution in [0, 0.1) is 13.8 Å². The van der Waals surface area contributed by atoms with Crippen molar-refractivity contribution >= 4 is 41.4 Å². The summed E-state index contributed by atoms with van der Waals surface area (Å²) < 4.78 is 3.99. The summed E-state index contributed by atoms with van der Waals surface area (Å²) in [7, 11) is 1.24. The van der Waals surface area contributed by atoms with E-state index >= 15 is 0 Å². The van der Waals surface area contributed by atoms with Crippen LogP contribution >= 0.6 is 11.8 Å². The maximum atomic E-state index is 13.4. The summed E-state index contributed by atoms with van der Waals surface area (Å²) in [6, 6.07) is 5.25. The van der Waals surface area contributed by atoms with Gasteiger partial charge in [0.2, 0.25) is 11.8 Å². The van der Waals surface area contributed by atoms with Crippen LogP contribution in [-0.4, -0.2) is 68.9 Å². The van der Waals surface area contributed by atoms with Crippen molar-refractivity contribution in [3.8, 4) is 0 Å². The molecular weight excluding hydrogens is 500 g/mol. The van der Waals surface area contributed by atoms with Crippen LogP contribution in [-0.2, 0) is 19.1 Å². The van der Waals surface area contributed by atoms with Crippen molar-refractivity contribution < 1.29 is 33.8 Å². The highest BCUT2D eigenvalue weighted by atomic mass is 32.2. The summed E-state index contributed by atoms with van der Waals surface area (Å²) in [6.07, 6.45) is 0. The molecule has 1 aromatic heterocycles. The molecule has 37 heavy (non-hydrogen) atoms. The number of thioether (sulfide) groups is 1. The van der Waals surface area contributed by atoms with E-state index in [4.69, 9.17) is 4.74 Å². The van der Waals surface area contributed by atoms with E-state index in [1.165, 1.54) is 23.8 Å². The normalized spacial score (nSPS) is 22.5. The number of carbonyl (C=O) groups excluding carboxylic acids is 5. The Hall–Kier alpha value is -3.80. The number of aryl methyl sites for hydroxylation is 1. The number of nitrogens with one attached hydrogen (secondary N) is 3. The van der Waals surface area contributed by atoms with E-state index in [1.807, 2.05) is 0 Å². The molecule has 2 fully saturated rings. The number of amides is 3. The molecule has 1 unspecified atom stereocenters. The summed E-state index contributed by atoms with van der Waals surface area (Å²) in [6.45, 7) is 6.64. The third kappa shape index (κ3) is 4.45. The lowest BCUT2D eigenvalue weighted by Crippen LogP contribution is -2.72. The van der Waals surface area contributed by atoms with E-state index in [2.05, 4.69) is 15.6 Å². The van der Waals surface area contributed by atoms with Gasteiger partial charge in [-0.2, -0.15) is 0 Å². The molecule has 196 valence electrons. The number of ether oxygens (including phenoxy) is 1. The minimum atomic E-state index is -1.35. The van der Waals surface area contributed by atoms with Gasteiger partial charge in [0.15, 0.2) is 0 Å². The predicted octanol–water partition coefficient (Wildman–Crippen LogP) is 0.186. The van der Waals surface area contributed by atoms with Crippen molar-refractivity contribution in [3.05, 3.63) is 58.4 Å². The van der Waals surface area contributed by atoms with Gasteiger partial charge in [-0.3, -0.25) is 14.4 Å². The zero-order chi connectivity index (χ0) is 27.2. The van der Waals surface area contributed by atoms with Gasteiger partial charge < -0.3 is 35.2 Å². The van der Waals surface area contributed by atoms with Crippen molar-refractivity contribution in [2.45, 2.75) is 55.9 Å². The number of H-pyrrole nitrogens is 1. The third-order valence-electron chi connectivity index (χ3n) is 6.69. The number of aliphatic carboxylic acids is 1. The average Bonchev–Trinajstić information content (AvgIpc) is 3.30. The highest BCUT2D eigenvalue weighted by molar-refractivity contribution is 8.01. The van der Waals surface area contributed by atoms with Gasteiger partial charge >= 0.3 is 5.97 Å². The largest absolute Gasteiger partial charge is 0.548 e. The van der Waals surface area contributed by atoms with Crippen LogP contribution < -0.4 is 15.7 Å². The molecule has 0 spiro atoms. The average molecular weight is 528 g/mol. The molecule has 0 bridgehead atoms. The van der Waals surface area contributed by atoms with Crippen molar-refractivity contribution in [2.75, 3.05) is 7.11 Å². The van der Waals surface area contributed by atoms with Gasteiger partial charge in [0, 0.05) is 10.4 Å². The molecule has 2 aromatic rings. The predicted molar refractivity (Wildman–Crippen MR) is 131 cm³/mol. The van der Waals surface area contributed by atoms with Crippen LogP contribution in [0.15, 0.2) is 30.3 Å². The Balaban J connectivity index is 1.57. The number of benzene rings is 1.